The maximum Gasteiger partial charge on any atom is 0.127 e. The molecule has 2 aromatic heterocycles. The second-order valence-corrected chi connectivity index (χ2v) is 5.11. The normalized spacial score (nSPS) is 13.0. The summed E-state index contributed by atoms with van der Waals surface area (Å²) in [5.74, 6) is 0. The molecule has 0 spiro atoms. The Morgan fingerprint density at radius 2 is 2.33 bits per heavy atom. The third-order valence-electron chi connectivity index (χ3n) is 2.06. The second kappa shape index (κ2) is 4.57. The first kappa shape index (κ1) is 11.0. The van der Waals surface area contributed by atoms with E-state index < -0.39 is 6.10 Å². The largest absolute Gasteiger partial charge is 0.382 e. The average Bonchev–Trinajstić information content (AvgIpc) is 2.84. The number of halogens is 1. The SMILES string of the molecule is CCc1nnsc1C(O)c1sccc1Cl. The molecule has 15 heavy (non-hydrogen) atoms. The molecule has 3 nitrogen and oxygen atoms in total. The standard InChI is InChI=1S/C9H9ClN2OS2/c1-2-6-9(15-12-11-6)7(13)8-5(10)3-4-14-8/h3-4,7,13H,2H2,1H3. The number of hydrogen-bond donors (Lipinski definition) is 1. The Hall–Kier alpha value is -0.490. The molecule has 0 saturated heterocycles. The number of rotatable bonds is 3. The lowest BCUT2D eigenvalue weighted by Crippen LogP contribution is -1.99. The average molecular weight is 261 g/mol. The molecule has 6 heteroatoms. The number of thiophene rings is 1. The van der Waals surface area contributed by atoms with Crippen molar-refractivity contribution in [2.45, 2.75) is 19.4 Å². The van der Waals surface area contributed by atoms with Crippen molar-refractivity contribution in [2.24, 2.45) is 0 Å². The third-order valence-corrected chi connectivity index (χ3v) is 4.29. The fourth-order valence-corrected chi connectivity index (χ4v) is 3.25. The zero-order valence-electron chi connectivity index (χ0n) is 7.98. The molecular formula is C9H9ClN2OS2. The number of aliphatic hydroxyl groups excluding tert-OH is 1. The van der Waals surface area contributed by atoms with Gasteiger partial charge in [0.2, 0.25) is 0 Å². The van der Waals surface area contributed by atoms with E-state index in [-0.39, 0.29) is 0 Å². The maximum atomic E-state index is 10.1. The van der Waals surface area contributed by atoms with Gasteiger partial charge in [0.1, 0.15) is 6.10 Å². The summed E-state index contributed by atoms with van der Waals surface area (Å²) in [5.41, 5.74) is 0.844. The Labute approximate surface area is 101 Å². The van der Waals surface area contributed by atoms with Crippen LogP contribution in [0.15, 0.2) is 11.4 Å². The van der Waals surface area contributed by atoms with E-state index in [1.54, 1.807) is 6.07 Å². The molecule has 0 aromatic carbocycles. The number of aryl methyl sites for hydroxylation is 1. The summed E-state index contributed by atoms with van der Waals surface area (Å²) in [6, 6.07) is 1.78. The van der Waals surface area contributed by atoms with E-state index in [1.807, 2.05) is 12.3 Å². The summed E-state index contributed by atoms with van der Waals surface area (Å²) in [6.45, 7) is 1.99. The highest BCUT2D eigenvalue weighted by Crippen LogP contribution is 2.35. The van der Waals surface area contributed by atoms with E-state index in [1.165, 1.54) is 22.9 Å². The summed E-state index contributed by atoms with van der Waals surface area (Å²) >= 11 is 8.63. The van der Waals surface area contributed by atoms with Crippen molar-refractivity contribution in [1.82, 2.24) is 9.59 Å². The zero-order chi connectivity index (χ0) is 10.8. The molecule has 0 aliphatic carbocycles. The summed E-state index contributed by atoms with van der Waals surface area (Å²) in [5, 5.41) is 16.5. The lowest BCUT2D eigenvalue weighted by Gasteiger charge is -2.07. The number of hydrogen-bond acceptors (Lipinski definition) is 5. The number of aliphatic hydroxyl groups is 1. The molecule has 1 atom stereocenters. The monoisotopic (exact) mass is 260 g/mol. The van der Waals surface area contributed by atoms with Crippen molar-refractivity contribution in [3.8, 4) is 0 Å². The van der Waals surface area contributed by atoms with Gasteiger partial charge in [0.05, 0.1) is 20.5 Å². The van der Waals surface area contributed by atoms with Crippen LogP contribution >= 0.6 is 34.5 Å². The lowest BCUT2D eigenvalue weighted by molar-refractivity contribution is 0.227. The molecule has 0 amide bonds. The van der Waals surface area contributed by atoms with Crippen molar-refractivity contribution in [1.29, 1.82) is 0 Å². The molecule has 0 saturated carbocycles. The van der Waals surface area contributed by atoms with Crippen LogP contribution in [0.25, 0.3) is 0 Å². The first-order chi connectivity index (χ1) is 7.24. The maximum absolute atomic E-state index is 10.1. The first-order valence-electron chi connectivity index (χ1n) is 4.46. The van der Waals surface area contributed by atoms with Crippen molar-refractivity contribution < 1.29 is 5.11 Å². The zero-order valence-corrected chi connectivity index (χ0v) is 10.4. The van der Waals surface area contributed by atoms with Crippen LogP contribution in [-0.4, -0.2) is 14.7 Å². The van der Waals surface area contributed by atoms with Crippen molar-refractivity contribution in [2.75, 3.05) is 0 Å². The number of nitrogens with zero attached hydrogens (tertiary/aromatic N) is 2. The Morgan fingerprint density at radius 3 is 2.93 bits per heavy atom. The van der Waals surface area contributed by atoms with Gasteiger partial charge >= 0.3 is 0 Å². The van der Waals surface area contributed by atoms with E-state index in [4.69, 9.17) is 11.6 Å². The van der Waals surface area contributed by atoms with E-state index in [2.05, 4.69) is 9.59 Å². The van der Waals surface area contributed by atoms with Gasteiger partial charge in [0.15, 0.2) is 0 Å². The Balaban J connectivity index is 2.36. The highest BCUT2D eigenvalue weighted by atomic mass is 35.5. The van der Waals surface area contributed by atoms with E-state index >= 15 is 0 Å². The van der Waals surface area contributed by atoms with E-state index in [0.717, 1.165) is 21.9 Å². The second-order valence-electron chi connectivity index (χ2n) is 2.97. The van der Waals surface area contributed by atoms with Crippen LogP contribution < -0.4 is 0 Å². The minimum absolute atomic E-state index is 0.600. The molecule has 2 heterocycles. The van der Waals surface area contributed by atoms with E-state index in [0.29, 0.717) is 5.02 Å². The summed E-state index contributed by atoms with van der Waals surface area (Å²) in [6.07, 6.45) is 0.0822. The van der Waals surface area contributed by atoms with Crippen LogP contribution in [0.4, 0.5) is 0 Å². The van der Waals surface area contributed by atoms with Gasteiger partial charge in [0.25, 0.3) is 0 Å². The fraction of sp³-hybridized carbons (Fsp3) is 0.333. The minimum Gasteiger partial charge on any atom is -0.382 e. The molecule has 0 aliphatic heterocycles. The van der Waals surface area contributed by atoms with E-state index in [9.17, 15) is 5.11 Å². The smallest absolute Gasteiger partial charge is 0.127 e. The van der Waals surface area contributed by atoms with Gasteiger partial charge in [-0.15, -0.1) is 16.4 Å². The molecule has 0 radical (unpaired) electrons. The molecule has 2 aromatic rings. The van der Waals surface area contributed by atoms with Gasteiger partial charge in [-0.1, -0.05) is 23.0 Å². The van der Waals surface area contributed by atoms with Crippen molar-refractivity contribution in [3.05, 3.63) is 31.9 Å². The lowest BCUT2D eigenvalue weighted by atomic mass is 10.2. The van der Waals surface area contributed by atoms with Gasteiger partial charge < -0.3 is 5.11 Å². The van der Waals surface area contributed by atoms with Crippen LogP contribution in [0.5, 0.6) is 0 Å². The molecule has 1 N–H and O–H groups in total. The first-order valence-corrected chi connectivity index (χ1v) is 6.49. The highest BCUT2D eigenvalue weighted by molar-refractivity contribution is 7.11. The molecule has 0 fully saturated rings. The van der Waals surface area contributed by atoms with Crippen LogP contribution in [0.1, 0.15) is 28.5 Å². The molecular weight excluding hydrogens is 252 g/mol. The van der Waals surface area contributed by atoms with Crippen LogP contribution in [0.2, 0.25) is 5.02 Å². The van der Waals surface area contributed by atoms with Gasteiger partial charge in [-0.2, -0.15) is 0 Å². The topological polar surface area (TPSA) is 46.0 Å². The molecule has 1 unspecified atom stereocenters. The molecule has 0 bridgehead atoms. The van der Waals surface area contributed by atoms with Crippen molar-refractivity contribution in [3.63, 3.8) is 0 Å². The summed E-state index contributed by atoms with van der Waals surface area (Å²) < 4.78 is 3.85. The van der Waals surface area contributed by atoms with Gasteiger partial charge in [0, 0.05) is 0 Å². The molecule has 2 rings (SSSR count). The van der Waals surface area contributed by atoms with Crippen LogP contribution in [0.3, 0.4) is 0 Å². The summed E-state index contributed by atoms with van der Waals surface area (Å²) in [4.78, 5) is 1.55. The predicted octanol–water partition coefficient (Wildman–Crippen LogP) is 2.90. The van der Waals surface area contributed by atoms with Gasteiger partial charge in [-0.05, 0) is 29.4 Å². The van der Waals surface area contributed by atoms with Gasteiger partial charge in [-0.25, -0.2) is 0 Å². The predicted molar refractivity (Wildman–Crippen MR) is 62.7 cm³/mol. The Morgan fingerprint density at radius 1 is 1.53 bits per heavy atom. The van der Waals surface area contributed by atoms with Gasteiger partial charge in [-0.3, -0.25) is 0 Å². The van der Waals surface area contributed by atoms with Crippen LogP contribution in [-0.2, 0) is 6.42 Å². The molecule has 0 aliphatic rings. The third kappa shape index (κ3) is 2.06. The molecule has 80 valence electrons. The Bertz CT molecular complexity index is 454. The quantitative estimate of drug-likeness (QED) is 0.923. The minimum atomic E-state index is -0.688. The summed E-state index contributed by atoms with van der Waals surface area (Å²) in [7, 11) is 0. The van der Waals surface area contributed by atoms with Crippen molar-refractivity contribution >= 4 is 34.5 Å². The Kier molecular flexibility index (Phi) is 3.35. The van der Waals surface area contributed by atoms with Crippen LogP contribution in [0, 0.1) is 0 Å². The highest BCUT2D eigenvalue weighted by Gasteiger charge is 2.20. The fourth-order valence-electron chi connectivity index (χ4n) is 1.29. The number of aromatic nitrogens is 2.